The standard InChI is InChI=1S/C13H20N2O4S/c1-9(2)12-5-10(7-14-13(16)17)4-11(6-12)8-15-20(3,18)19/h4-6,9,14-15H,7-8H2,1-3H3,(H,16,17). The summed E-state index contributed by atoms with van der Waals surface area (Å²) in [6.07, 6.45) is 0.0161. The first-order chi connectivity index (χ1) is 9.17. The third kappa shape index (κ3) is 6.03. The molecular weight excluding hydrogens is 280 g/mol. The van der Waals surface area contributed by atoms with Gasteiger partial charge in [0.1, 0.15) is 0 Å². The summed E-state index contributed by atoms with van der Waals surface area (Å²) in [5, 5.41) is 10.9. The second-order valence-electron chi connectivity index (χ2n) is 4.99. The molecule has 6 nitrogen and oxygen atoms in total. The molecule has 0 heterocycles. The normalized spacial score (nSPS) is 11.6. The lowest BCUT2D eigenvalue weighted by molar-refractivity contribution is 0.194. The van der Waals surface area contributed by atoms with E-state index in [0.29, 0.717) is 0 Å². The molecular formula is C13H20N2O4S. The van der Waals surface area contributed by atoms with Crippen LogP contribution in [0.3, 0.4) is 0 Å². The van der Waals surface area contributed by atoms with Crippen LogP contribution in [0.15, 0.2) is 18.2 Å². The molecule has 0 saturated carbocycles. The topological polar surface area (TPSA) is 95.5 Å². The molecule has 20 heavy (non-hydrogen) atoms. The molecule has 0 atom stereocenters. The molecule has 1 aromatic carbocycles. The van der Waals surface area contributed by atoms with E-state index in [2.05, 4.69) is 10.0 Å². The molecule has 0 unspecified atom stereocenters. The van der Waals surface area contributed by atoms with Gasteiger partial charge in [0.05, 0.1) is 6.26 Å². The second kappa shape index (κ2) is 6.71. The zero-order valence-electron chi connectivity index (χ0n) is 11.8. The van der Waals surface area contributed by atoms with E-state index in [9.17, 15) is 13.2 Å². The second-order valence-corrected chi connectivity index (χ2v) is 6.82. The number of nitrogens with one attached hydrogen (secondary N) is 2. The van der Waals surface area contributed by atoms with Crippen molar-refractivity contribution in [1.82, 2.24) is 10.0 Å². The quantitative estimate of drug-likeness (QED) is 0.744. The van der Waals surface area contributed by atoms with E-state index in [1.165, 1.54) is 0 Å². The SMILES string of the molecule is CC(C)c1cc(CNC(=O)O)cc(CNS(C)(=O)=O)c1. The summed E-state index contributed by atoms with van der Waals surface area (Å²) < 4.78 is 24.7. The average Bonchev–Trinajstić information content (AvgIpc) is 2.33. The molecule has 0 aromatic heterocycles. The van der Waals surface area contributed by atoms with Gasteiger partial charge in [-0.1, -0.05) is 32.0 Å². The highest BCUT2D eigenvalue weighted by molar-refractivity contribution is 7.88. The monoisotopic (exact) mass is 300 g/mol. The molecule has 1 amide bonds. The van der Waals surface area contributed by atoms with Crippen LogP contribution in [0.25, 0.3) is 0 Å². The number of carboxylic acid groups (broad SMARTS) is 1. The van der Waals surface area contributed by atoms with Crippen molar-refractivity contribution in [2.45, 2.75) is 32.9 Å². The molecule has 0 fully saturated rings. The van der Waals surface area contributed by atoms with Crippen LogP contribution >= 0.6 is 0 Å². The highest BCUT2D eigenvalue weighted by Crippen LogP contribution is 2.19. The Morgan fingerprint density at radius 2 is 1.75 bits per heavy atom. The van der Waals surface area contributed by atoms with E-state index < -0.39 is 16.1 Å². The zero-order chi connectivity index (χ0) is 15.3. The Labute approximate surface area is 119 Å². The lowest BCUT2D eigenvalue weighted by atomic mass is 9.97. The lowest BCUT2D eigenvalue weighted by Gasteiger charge is -2.12. The molecule has 3 N–H and O–H groups in total. The highest BCUT2D eigenvalue weighted by Gasteiger charge is 2.07. The van der Waals surface area contributed by atoms with Crippen molar-refractivity contribution in [2.24, 2.45) is 0 Å². The first-order valence-electron chi connectivity index (χ1n) is 6.21. The first-order valence-corrected chi connectivity index (χ1v) is 8.10. The molecule has 0 saturated heterocycles. The minimum atomic E-state index is -3.25. The average molecular weight is 300 g/mol. The maximum Gasteiger partial charge on any atom is 0.404 e. The van der Waals surface area contributed by atoms with E-state index >= 15 is 0 Å². The fraction of sp³-hybridized carbons (Fsp3) is 0.462. The predicted molar refractivity (Wildman–Crippen MR) is 77.1 cm³/mol. The fourth-order valence-electron chi connectivity index (χ4n) is 1.72. The fourth-order valence-corrected chi connectivity index (χ4v) is 2.15. The van der Waals surface area contributed by atoms with Gasteiger partial charge >= 0.3 is 6.09 Å². The molecule has 1 aromatic rings. The summed E-state index contributed by atoms with van der Waals surface area (Å²) in [6.45, 7) is 4.44. The number of hydrogen-bond acceptors (Lipinski definition) is 3. The van der Waals surface area contributed by atoms with Crippen molar-refractivity contribution in [2.75, 3.05) is 6.26 Å². The number of carbonyl (C=O) groups is 1. The summed E-state index contributed by atoms with van der Waals surface area (Å²) in [4.78, 5) is 10.5. The Bertz CT molecular complexity index is 582. The first kappa shape index (κ1) is 16.5. The minimum Gasteiger partial charge on any atom is -0.465 e. The van der Waals surface area contributed by atoms with Gasteiger partial charge in [-0.3, -0.25) is 0 Å². The molecule has 0 aliphatic carbocycles. The summed E-state index contributed by atoms with van der Waals surface area (Å²) in [5.41, 5.74) is 2.66. The van der Waals surface area contributed by atoms with E-state index in [1.807, 2.05) is 26.0 Å². The summed E-state index contributed by atoms with van der Waals surface area (Å²) >= 11 is 0. The summed E-state index contributed by atoms with van der Waals surface area (Å²) in [7, 11) is -3.25. The van der Waals surface area contributed by atoms with Crippen LogP contribution in [-0.4, -0.2) is 25.9 Å². The van der Waals surface area contributed by atoms with Gasteiger partial charge in [-0.25, -0.2) is 17.9 Å². The van der Waals surface area contributed by atoms with Crippen molar-refractivity contribution >= 4 is 16.1 Å². The number of sulfonamides is 1. The number of amides is 1. The molecule has 0 aliphatic heterocycles. The summed E-state index contributed by atoms with van der Waals surface area (Å²) in [5.74, 6) is 0.275. The largest absolute Gasteiger partial charge is 0.465 e. The number of hydrogen-bond donors (Lipinski definition) is 3. The molecule has 1 rings (SSSR count). The smallest absolute Gasteiger partial charge is 0.404 e. The van der Waals surface area contributed by atoms with Crippen LogP contribution in [0.4, 0.5) is 4.79 Å². The molecule has 0 radical (unpaired) electrons. The van der Waals surface area contributed by atoms with Crippen molar-refractivity contribution in [1.29, 1.82) is 0 Å². The third-order valence-corrected chi connectivity index (χ3v) is 3.39. The molecule has 0 aliphatic rings. The van der Waals surface area contributed by atoms with Crippen LogP contribution in [0.1, 0.15) is 36.5 Å². The Morgan fingerprint density at radius 1 is 1.20 bits per heavy atom. The van der Waals surface area contributed by atoms with Gasteiger partial charge in [-0.2, -0.15) is 0 Å². The molecule has 0 spiro atoms. The Kier molecular flexibility index (Phi) is 5.52. The minimum absolute atomic E-state index is 0.194. The van der Waals surface area contributed by atoms with Crippen molar-refractivity contribution in [3.05, 3.63) is 34.9 Å². The van der Waals surface area contributed by atoms with Gasteiger partial charge in [-0.05, 0) is 22.6 Å². The Hall–Kier alpha value is -1.60. The van der Waals surface area contributed by atoms with Crippen LogP contribution < -0.4 is 10.0 Å². The number of rotatable bonds is 6. The number of benzene rings is 1. The maximum atomic E-state index is 11.1. The van der Waals surface area contributed by atoms with Gasteiger partial charge < -0.3 is 10.4 Å². The zero-order valence-corrected chi connectivity index (χ0v) is 12.6. The van der Waals surface area contributed by atoms with E-state index in [4.69, 9.17) is 5.11 Å². The van der Waals surface area contributed by atoms with Crippen LogP contribution in [-0.2, 0) is 23.1 Å². The molecule has 7 heteroatoms. The van der Waals surface area contributed by atoms with E-state index in [0.717, 1.165) is 22.9 Å². The van der Waals surface area contributed by atoms with Crippen LogP contribution in [0.2, 0.25) is 0 Å². The Morgan fingerprint density at radius 3 is 2.20 bits per heavy atom. The van der Waals surface area contributed by atoms with Crippen molar-refractivity contribution in [3.8, 4) is 0 Å². The van der Waals surface area contributed by atoms with E-state index in [1.54, 1.807) is 6.07 Å². The lowest BCUT2D eigenvalue weighted by Crippen LogP contribution is -2.22. The Balaban J connectivity index is 2.95. The van der Waals surface area contributed by atoms with Crippen molar-refractivity contribution in [3.63, 3.8) is 0 Å². The maximum absolute atomic E-state index is 11.1. The van der Waals surface area contributed by atoms with Crippen LogP contribution in [0.5, 0.6) is 0 Å². The molecule has 0 bridgehead atoms. The predicted octanol–water partition coefficient (Wildman–Crippen LogP) is 1.63. The van der Waals surface area contributed by atoms with E-state index in [-0.39, 0.29) is 19.0 Å². The van der Waals surface area contributed by atoms with Gasteiger partial charge in [0.2, 0.25) is 10.0 Å². The van der Waals surface area contributed by atoms with Crippen molar-refractivity contribution < 1.29 is 18.3 Å². The van der Waals surface area contributed by atoms with Gasteiger partial charge in [0.25, 0.3) is 0 Å². The summed E-state index contributed by atoms with van der Waals surface area (Å²) in [6, 6.07) is 5.64. The van der Waals surface area contributed by atoms with Gasteiger partial charge in [0.15, 0.2) is 0 Å². The van der Waals surface area contributed by atoms with Gasteiger partial charge in [-0.15, -0.1) is 0 Å². The van der Waals surface area contributed by atoms with Gasteiger partial charge in [0, 0.05) is 13.1 Å². The highest BCUT2D eigenvalue weighted by atomic mass is 32.2. The van der Waals surface area contributed by atoms with Crippen LogP contribution in [0, 0.1) is 0 Å². The molecule has 112 valence electrons. The third-order valence-electron chi connectivity index (χ3n) is 2.72.